The Morgan fingerprint density at radius 1 is 1.27 bits per heavy atom. The van der Waals surface area contributed by atoms with Crippen molar-refractivity contribution >= 4 is 7.12 Å². The van der Waals surface area contributed by atoms with E-state index in [0.29, 0.717) is 0 Å². The van der Waals surface area contributed by atoms with Crippen LogP contribution in [0.3, 0.4) is 0 Å². The molecule has 0 bridgehead atoms. The second-order valence-electron chi connectivity index (χ2n) is 2.85. The Hall–Kier alpha value is -0.0151. The molecule has 0 amide bonds. The van der Waals surface area contributed by atoms with Crippen LogP contribution in [0.25, 0.3) is 0 Å². The largest absolute Gasteiger partial charge is 0.456 e. The Morgan fingerprint density at radius 3 is 2.00 bits per heavy atom. The van der Waals surface area contributed by atoms with Crippen molar-refractivity contribution in [3.05, 3.63) is 0 Å². The maximum atomic E-state index is 7.58. The van der Waals surface area contributed by atoms with Crippen LogP contribution >= 0.6 is 0 Å². The van der Waals surface area contributed by atoms with E-state index in [9.17, 15) is 0 Å². The van der Waals surface area contributed by atoms with Gasteiger partial charge in [0.15, 0.2) is 0 Å². The zero-order valence-corrected chi connectivity index (χ0v) is 7.55. The van der Waals surface area contributed by atoms with Gasteiger partial charge in [0.05, 0.1) is 0 Å². The summed E-state index contributed by atoms with van der Waals surface area (Å²) in [4.78, 5) is 0. The molecular weight excluding hydrogens is 139 g/mol. The summed E-state index contributed by atoms with van der Waals surface area (Å²) in [6, 6.07) is 0. The van der Waals surface area contributed by atoms with Gasteiger partial charge in [-0.2, -0.15) is 0 Å². The van der Waals surface area contributed by atoms with Crippen LogP contribution in [0.2, 0.25) is 6.27 Å². The average Bonchev–Trinajstić information content (AvgIpc) is 1.98. The Kier molecular flexibility index (Phi) is 2.49. The highest BCUT2D eigenvalue weighted by atomic mass is 16.6. The summed E-state index contributed by atoms with van der Waals surface area (Å²) < 4.78 is 47.0. The van der Waals surface area contributed by atoms with Crippen molar-refractivity contribution in [1.29, 1.82) is 0 Å². The van der Waals surface area contributed by atoms with E-state index in [-0.39, 0.29) is 12.2 Å². The maximum absolute atomic E-state index is 7.58. The quantitative estimate of drug-likeness (QED) is 0.579. The number of hydrogen-bond acceptors (Lipinski definition) is 2. The van der Waals surface area contributed by atoms with Gasteiger partial charge in [0.2, 0.25) is 0 Å². The first-order chi connectivity index (χ1) is 6.98. The first kappa shape index (κ1) is 4.88. The van der Waals surface area contributed by atoms with E-state index in [1.165, 1.54) is 0 Å². The van der Waals surface area contributed by atoms with Crippen LogP contribution < -0.4 is 0 Å². The Morgan fingerprint density at radius 2 is 1.73 bits per heavy atom. The van der Waals surface area contributed by atoms with E-state index < -0.39 is 20.2 Å². The van der Waals surface area contributed by atoms with Gasteiger partial charge in [0.25, 0.3) is 0 Å². The molecule has 0 aliphatic rings. The van der Waals surface area contributed by atoms with Gasteiger partial charge in [0.1, 0.15) is 0 Å². The fourth-order valence-corrected chi connectivity index (χ4v) is 0.595. The topological polar surface area (TPSA) is 18.5 Å². The summed E-state index contributed by atoms with van der Waals surface area (Å²) in [5, 5.41) is 0. The standard InChI is InChI=1S/C8H19BO2/c1-6-9(10-7(2)3)11-8(4)5/h7-8H,6H2,1-5H3/i1D3,6D2. The van der Waals surface area contributed by atoms with Crippen LogP contribution in [0.1, 0.15) is 41.4 Å². The number of rotatable bonds is 5. The second-order valence-corrected chi connectivity index (χ2v) is 2.85. The molecule has 0 atom stereocenters. The normalized spacial score (nSPS) is 20.4. The van der Waals surface area contributed by atoms with E-state index in [1.807, 2.05) is 0 Å². The molecule has 0 aliphatic carbocycles. The van der Waals surface area contributed by atoms with Crippen LogP contribution in [0.5, 0.6) is 0 Å². The molecule has 0 aromatic rings. The fourth-order valence-electron chi connectivity index (χ4n) is 0.595. The lowest BCUT2D eigenvalue weighted by atomic mass is 9.85. The van der Waals surface area contributed by atoms with Crippen LogP contribution in [0.15, 0.2) is 0 Å². The van der Waals surface area contributed by atoms with Crippen LogP contribution in [-0.4, -0.2) is 19.3 Å². The molecule has 0 aromatic carbocycles. The van der Waals surface area contributed by atoms with Crippen molar-refractivity contribution in [3.8, 4) is 0 Å². The van der Waals surface area contributed by atoms with Gasteiger partial charge in [-0.3, -0.25) is 0 Å². The third-order valence-electron chi connectivity index (χ3n) is 0.909. The molecule has 0 saturated heterocycles. The lowest BCUT2D eigenvalue weighted by molar-refractivity contribution is 0.130. The summed E-state index contributed by atoms with van der Waals surface area (Å²) in [5.41, 5.74) is 0. The van der Waals surface area contributed by atoms with Crippen molar-refractivity contribution in [3.63, 3.8) is 0 Å². The SMILES string of the molecule is [2H]C([2H])([2H])C([2H])([2H])B(OC(C)C)OC(C)C. The van der Waals surface area contributed by atoms with Crippen LogP contribution in [0, 0.1) is 0 Å². The first-order valence-electron chi connectivity index (χ1n) is 6.29. The van der Waals surface area contributed by atoms with Gasteiger partial charge in [-0.1, -0.05) is 6.85 Å². The van der Waals surface area contributed by atoms with Crippen molar-refractivity contribution < 1.29 is 16.2 Å². The molecule has 0 aromatic heterocycles. The van der Waals surface area contributed by atoms with Gasteiger partial charge in [-0.25, -0.2) is 0 Å². The van der Waals surface area contributed by atoms with Gasteiger partial charge in [-0.05, 0) is 34.0 Å². The van der Waals surface area contributed by atoms with Crippen molar-refractivity contribution in [1.82, 2.24) is 0 Å². The summed E-state index contributed by atoms with van der Waals surface area (Å²) >= 11 is 0. The average molecular weight is 163 g/mol. The predicted molar refractivity (Wildman–Crippen MR) is 48.7 cm³/mol. The highest BCUT2D eigenvalue weighted by Crippen LogP contribution is 2.03. The minimum Gasteiger partial charge on any atom is -0.409 e. The fraction of sp³-hybridized carbons (Fsp3) is 1.00. The molecule has 66 valence electrons. The molecule has 0 fully saturated rings. The van der Waals surface area contributed by atoms with Gasteiger partial charge in [-0.15, -0.1) is 0 Å². The third kappa shape index (κ3) is 6.39. The van der Waals surface area contributed by atoms with Crippen molar-refractivity contribution in [2.45, 2.75) is 53.0 Å². The molecule has 11 heavy (non-hydrogen) atoms. The van der Waals surface area contributed by atoms with E-state index >= 15 is 0 Å². The third-order valence-corrected chi connectivity index (χ3v) is 0.909. The molecule has 0 spiro atoms. The van der Waals surface area contributed by atoms with Crippen molar-refractivity contribution in [2.24, 2.45) is 0 Å². The lowest BCUT2D eigenvalue weighted by Gasteiger charge is -2.17. The molecule has 0 rings (SSSR count). The molecule has 0 N–H and O–H groups in total. The Balaban J connectivity index is 4.86. The maximum Gasteiger partial charge on any atom is 0.456 e. The van der Waals surface area contributed by atoms with E-state index in [2.05, 4.69) is 0 Å². The van der Waals surface area contributed by atoms with Gasteiger partial charge < -0.3 is 9.31 Å². The van der Waals surface area contributed by atoms with Crippen LogP contribution in [0.4, 0.5) is 0 Å². The Labute approximate surface area is 77.4 Å². The summed E-state index contributed by atoms with van der Waals surface area (Å²) in [7, 11) is -1.39. The second kappa shape index (κ2) is 5.61. The molecule has 3 heteroatoms. The summed E-state index contributed by atoms with van der Waals surface area (Å²) in [5.74, 6) is 0. The number of hydrogen-bond donors (Lipinski definition) is 0. The molecule has 2 nitrogen and oxygen atoms in total. The van der Waals surface area contributed by atoms with E-state index in [1.54, 1.807) is 27.7 Å². The smallest absolute Gasteiger partial charge is 0.409 e. The molecule has 0 unspecified atom stereocenters. The van der Waals surface area contributed by atoms with Gasteiger partial charge in [0, 0.05) is 19.1 Å². The molecule has 0 saturated carbocycles. The first-order valence-corrected chi connectivity index (χ1v) is 3.79. The monoisotopic (exact) mass is 163 g/mol. The molecule has 0 heterocycles. The minimum atomic E-state index is -2.78. The van der Waals surface area contributed by atoms with Crippen molar-refractivity contribution in [2.75, 3.05) is 0 Å². The minimum absolute atomic E-state index is 0.304. The lowest BCUT2D eigenvalue weighted by Crippen LogP contribution is -2.28. The predicted octanol–water partition coefficient (Wildman–Crippen LogP) is 2.34. The summed E-state index contributed by atoms with van der Waals surface area (Å²) in [6.45, 7) is 4.03. The highest BCUT2D eigenvalue weighted by molar-refractivity contribution is 6.44. The zero-order chi connectivity index (χ0) is 13.1. The molecule has 0 aliphatic heterocycles. The summed E-state index contributed by atoms with van der Waals surface area (Å²) in [6.07, 6.45) is -3.14. The van der Waals surface area contributed by atoms with Gasteiger partial charge >= 0.3 is 7.12 Å². The zero-order valence-electron chi connectivity index (χ0n) is 12.5. The Bertz CT molecular complexity index is 207. The molecule has 0 radical (unpaired) electrons. The molecular formula is C8H19BO2. The highest BCUT2D eigenvalue weighted by Gasteiger charge is 2.17. The van der Waals surface area contributed by atoms with Crippen LogP contribution in [-0.2, 0) is 9.31 Å². The van der Waals surface area contributed by atoms with E-state index in [0.717, 1.165) is 0 Å². The van der Waals surface area contributed by atoms with E-state index in [4.69, 9.17) is 16.2 Å².